The number of rotatable bonds is 7. The van der Waals surface area contributed by atoms with Crippen LogP contribution in [0.2, 0.25) is 0 Å². The summed E-state index contributed by atoms with van der Waals surface area (Å²) < 4.78 is 5.37. The zero-order valence-electron chi connectivity index (χ0n) is 19.0. The molecule has 1 unspecified atom stereocenters. The van der Waals surface area contributed by atoms with Crippen LogP contribution >= 0.6 is 0 Å². The second-order valence-corrected chi connectivity index (χ2v) is 8.17. The van der Waals surface area contributed by atoms with Crippen molar-refractivity contribution in [2.24, 2.45) is 5.73 Å². The minimum atomic E-state index is -1.08. The van der Waals surface area contributed by atoms with Crippen LogP contribution in [0.5, 0.6) is 0 Å². The summed E-state index contributed by atoms with van der Waals surface area (Å²) in [5.41, 5.74) is 9.99. The summed E-state index contributed by atoms with van der Waals surface area (Å²) in [6.45, 7) is 5.74. The number of carbonyl (C=O) groups excluding carboxylic acids is 2. The molecule has 0 bridgehead atoms. The van der Waals surface area contributed by atoms with Crippen molar-refractivity contribution in [2.75, 3.05) is 26.3 Å². The summed E-state index contributed by atoms with van der Waals surface area (Å²) >= 11 is 0. The van der Waals surface area contributed by atoms with Crippen LogP contribution in [-0.2, 0) is 16.1 Å². The van der Waals surface area contributed by atoms with Crippen LogP contribution < -0.4 is 16.5 Å². The molecule has 1 saturated heterocycles. The van der Waals surface area contributed by atoms with Crippen molar-refractivity contribution in [2.45, 2.75) is 31.7 Å². The molecule has 1 aliphatic heterocycles. The lowest BCUT2D eigenvalue weighted by Crippen LogP contribution is -2.54. The number of hydroxylamine groups is 1. The van der Waals surface area contributed by atoms with Gasteiger partial charge in [-0.05, 0) is 42.3 Å². The van der Waals surface area contributed by atoms with Gasteiger partial charge in [-0.2, -0.15) is 0 Å². The monoisotopic (exact) mass is 466 g/mol. The molecule has 180 valence electrons. The fraction of sp³-hybridized carbons (Fsp3) is 0.360. The first-order valence-corrected chi connectivity index (χ1v) is 11.1. The molecule has 0 radical (unpaired) electrons. The Kier molecular flexibility index (Phi) is 9.16. The number of morpholine rings is 1. The summed E-state index contributed by atoms with van der Waals surface area (Å²) in [6.07, 6.45) is -0.941. The standard InChI is InChI=1S/C25H30N4O5/c1-17(26)23(25(32)28-33)27-24(31)21-9-2-18(3-10-21)6-11-22(30)20-7-4-19(5-8-20)16-29-12-14-34-15-13-29/h2-5,7-10,17,22-23,30,33H,12-16,26H2,1H3,(H,27,31)(H,28,32)/t17-,22?,23+/m1/s1. The smallest absolute Gasteiger partial charge is 0.267 e. The lowest BCUT2D eigenvalue weighted by Gasteiger charge is -2.26. The molecule has 0 saturated carbocycles. The van der Waals surface area contributed by atoms with Gasteiger partial charge in [0, 0.05) is 36.8 Å². The molecule has 9 nitrogen and oxygen atoms in total. The van der Waals surface area contributed by atoms with Crippen molar-refractivity contribution >= 4 is 11.8 Å². The lowest BCUT2D eigenvalue weighted by atomic mass is 10.1. The topological polar surface area (TPSA) is 137 Å². The van der Waals surface area contributed by atoms with E-state index in [1.54, 1.807) is 31.2 Å². The number of hydrogen-bond acceptors (Lipinski definition) is 7. The molecule has 3 atom stereocenters. The Morgan fingerprint density at radius 3 is 2.35 bits per heavy atom. The van der Waals surface area contributed by atoms with Gasteiger partial charge in [0.1, 0.15) is 12.1 Å². The molecule has 0 spiro atoms. The predicted molar refractivity (Wildman–Crippen MR) is 126 cm³/mol. The van der Waals surface area contributed by atoms with Crippen molar-refractivity contribution in [1.82, 2.24) is 15.7 Å². The highest BCUT2D eigenvalue weighted by Gasteiger charge is 2.24. The molecule has 2 amide bonds. The highest BCUT2D eigenvalue weighted by molar-refractivity contribution is 5.97. The quantitative estimate of drug-likeness (QED) is 0.228. The number of ether oxygens (including phenoxy) is 1. The number of benzene rings is 2. The Bertz CT molecular complexity index is 1020. The van der Waals surface area contributed by atoms with E-state index in [1.165, 1.54) is 11.0 Å². The molecule has 0 aromatic heterocycles. The van der Waals surface area contributed by atoms with Crippen LogP contribution in [0.1, 0.15) is 40.1 Å². The van der Waals surface area contributed by atoms with Gasteiger partial charge in [-0.3, -0.25) is 19.7 Å². The molecule has 9 heteroatoms. The molecular formula is C25H30N4O5. The fourth-order valence-corrected chi connectivity index (χ4v) is 3.49. The summed E-state index contributed by atoms with van der Waals surface area (Å²) in [5, 5.41) is 21.7. The van der Waals surface area contributed by atoms with Crippen LogP contribution in [0.4, 0.5) is 0 Å². The Morgan fingerprint density at radius 1 is 1.12 bits per heavy atom. The van der Waals surface area contributed by atoms with Gasteiger partial charge in [-0.25, -0.2) is 5.48 Å². The maximum atomic E-state index is 12.4. The van der Waals surface area contributed by atoms with Gasteiger partial charge in [-0.15, -0.1) is 0 Å². The van der Waals surface area contributed by atoms with Gasteiger partial charge in [0.25, 0.3) is 11.8 Å². The van der Waals surface area contributed by atoms with E-state index >= 15 is 0 Å². The van der Waals surface area contributed by atoms with Crippen LogP contribution in [0.15, 0.2) is 48.5 Å². The Balaban J connectivity index is 1.58. The van der Waals surface area contributed by atoms with E-state index in [2.05, 4.69) is 22.1 Å². The number of carbonyl (C=O) groups is 2. The van der Waals surface area contributed by atoms with E-state index in [-0.39, 0.29) is 0 Å². The molecule has 1 fully saturated rings. The zero-order chi connectivity index (χ0) is 24.5. The van der Waals surface area contributed by atoms with Crippen molar-refractivity contribution in [3.63, 3.8) is 0 Å². The predicted octanol–water partition coefficient (Wildman–Crippen LogP) is 0.555. The van der Waals surface area contributed by atoms with E-state index in [1.807, 2.05) is 24.3 Å². The molecule has 1 heterocycles. The summed E-state index contributed by atoms with van der Waals surface area (Å²) in [5.74, 6) is 4.41. The van der Waals surface area contributed by atoms with Gasteiger partial charge in [-0.1, -0.05) is 36.1 Å². The van der Waals surface area contributed by atoms with Gasteiger partial charge >= 0.3 is 0 Å². The third kappa shape index (κ3) is 7.12. The van der Waals surface area contributed by atoms with Crippen LogP contribution in [-0.4, -0.2) is 65.4 Å². The molecule has 1 aliphatic rings. The molecule has 2 aromatic rings. The third-order valence-electron chi connectivity index (χ3n) is 5.51. The normalized spacial score (nSPS) is 16.5. The first-order valence-electron chi connectivity index (χ1n) is 11.1. The molecule has 2 aromatic carbocycles. The number of nitrogens with zero attached hydrogens (tertiary/aromatic N) is 1. The number of nitrogens with two attached hydrogens (primary N) is 1. The van der Waals surface area contributed by atoms with Gasteiger partial charge in [0.05, 0.1) is 13.2 Å². The minimum absolute atomic E-state index is 0.304. The largest absolute Gasteiger partial charge is 0.379 e. The Labute approximate surface area is 198 Å². The van der Waals surface area contributed by atoms with Crippen LogP contribution in [0.25, 0.3) is 0 Å². The van der Waals surface area contributed by atoms with Crippen molar-refractivity contribution in [3.05, 3.63) is 70.8 Å². The van der Waals surface area contributed by atoms with E-state index in [4.69, 9.17) is 15.7 Å². The summed E-state index contributed by atoms with van der Waals surface area (Å²) in [4.78, 5) is 26.4. The van der Waals surface area contributed by atoms with E-state index < -0.39 is 30.0 Å². The number of amides is 2. The van der Waals surface area contributed by atoms with E-state index in [9.17, 15) is 14.7 Å². The van der Waals surface area contributed by atoms with E-state index in [0.29, 0.717) is 16.7 Å². The molecule has 34 heavy (non-hydrogen) atoms. The van der Waals surface area contributed by atoms with Gasteiger partial charge < -0.3 is 20.9 Å². The SMILES string of the molecule is C[C@@H](N)[C@H](NC(=O)c1ccc(C#CC(O)c2ccc(CN3CCOCC3)cc2)cc1)C(=O)NO. The lowest BCUT2D eigenvalue weighted by molar-refractivity contribution is -0.131. The van der Waals surface area contributed by atoms with Crippen molar-refractivity contribution in [3.8, 4) is 11.8 Å². The van der Waals surface area contributed by atoms with Crippen molar-refractivity contribution < 1.29 is 24.6 Å². The van der Waals surface area contributed by atoms with Crippen LogP contribution in [0, 0.1) is 11.8 Å². The molecule has 3 rings (SSSR count). The highest BCUT2D eigenvalue weighted by Crippen LogP contribution is 2.15. The second kappa shape index (κ2) is 12.3. The second-order valence-electron chi connectivity index (χ2n) is 8.17. The Hall–Kier alpha value is -3.26. The van der Waals surface area contributed by atoms with Gasteiger partial charge in [0.15, 0.2) is 0 Å². The number of hydrogen-bond donors (Lipinski definition) is 5. The first-order chi connectivity index (χ1) is 16.4. The van der Waals surface area contributed by atoms with Crippen molar-refractivity contribution in [1.29, 1.82) is 0 Å². The minimum Gasteiger partial charge on any atom is -0.379 e. The molecular weight excluding hydrogens is 436 g/mol. The molecule has 6 N–H and O–H groups in total. The first kappa shape index (κ1) is 25.4. The summed E-state index contributed by atoms with van der Waals surface area (Å²) in [6, 6.07) is 12.4. The number of aliphatic hydroxyl groups is 1. The maximum absolute atomic E-state index is 12.4. The fourth-order valence-electron chi connectivity index (χ4n) is 3.49. The molecule has 0 aliphatic carbocycles. The average molecular weight is 467 g/mol. The third-order valence-corrected chi connectivity index (χ3v) is 5.51. The highest BCUT2D eigenvalue weighted by atomic mass is 16.5. The zero-order valence-corrected chi connectivity index (χ0v) is 19.0. The maximum Gasteiger partial charge on any atom is 0.267 e. The Morgan fingerprint density at radius 2 is 1.76 bits per heavy atom. The summed E-state index contributed by atoms with van der Waals surface area (Å²) in [7, 11) is 0. The number of nitrogens with one attached hydrogen (secondary N) is 2. The average Bonchev–Trinajstić information content (AvgIpc) is 2.86. The van der Waals surface area contributed by atoms with Gasteiger partial charge in [0.2, 0.25) is 0 Å². The number of aliphatic hydroxyl groups excluding tert-OH is 1. The van der Waals surface area contributed by atoms with E-state index in [0.717, 1.165) is 32.8 Å². The van der Waals surface area contributed by atoms with Crippen LogP contribution in [0.3, 0.4) is 0 Å².